The van der Waals surface area contributed by atoms with Gasteiger partial charge in [-0.2, -0.15) is 0 Å². The molecule has 2 aromatic rings. The SMILES string of the molecule is CNS(=O)(=O)c1cccc(C(=O)NCCCCOc2ccc(Cl)cc2)c1. The topological polar surface area (TPSA) is 84.5 Å². The quantitative estimate of drug-likeness (QED) is 0.638. The van der Waals surface area contributed by atoms with Crippen molar-refractivity contribution in [3.63, 3.8) is 0 Å². The number of ether oxygens (including phenoxy) is 1. The lowest BCUT2D eigenvalue weighted by molar-refractivity contribution is 0.0952. The zero-order valence-electron chi connectivity index (χ0n) is 14.4. The number of sulfonamides is 1. The van der Waals surface area contributed by atoms with Crippen molar-refractivity contribution in [1.29, 1.82) is 0 Å². The highest BCUT2D eigenvalue weighted by molar-refractivity contribution is 7.89. The van der Waals surface area contributed by atoms with Crippen LogP contribution in [0.1, 0.15) is 23.2 Å². The molecule has 0 atom stereocenters. The lowest BCUT2D eigenvalue weighted by atomic mass is 10.2. The van der Waals surface area contributed by atoms with Crippen molar-refractivity contribution in [2.75, 3.05) is 20.2 Å². The van der Waals surface area contributed by atoms with E-state index in [-0.39, 0.29) is 10.8 Å². The summed E-state index contributed by atoms with van der Waals surface area (Å²) in [6, 6.07) is 13.0. The first-order chi connectivity index (χ1) is 12.4. The molecule has 2 N–H and O–H groups in total. The van der Waals surface area contributed by atoms with E-state index in [4.69, 9.17) is 16.3 Å². The Balaban J connectivity index is 1.73. The van der Waals surface area contributed by atoms with Gasteiger partial charge in [-0.05, 0) is 62.4 Å². The van der Waals surface area contributed by atoms with E-state index >= 15 is 0 Å². The summed E-state index contributed by atoms with van der Waals surface area (Å²) in [5.41, 5.74) is 0.304. The first-order valence-electron chi connectivity index (χ1n) is 8.12. The van der Waals surface area contributed by atoms with Gasteiger partial charge in [0.15, 0.2) is 0 Å². The van der Waals surface area contributed by atoms with Crippen LogP contribution in [-0.4, -0.2) is 34.5 Å². The van der Waals surface area contributed by atoms with Gasteiger partial charge in [0.25, 0.3) is 5.91 Å². The fourth-order valence-corrected chi connectivity index (χ4v) is 3.08. The molecule has 0 unspecified atom stereocenters. The molecule has 2 rings (SSSR count). The number of carbonyl (C=O) groups excluding carboxylic acids is 1. The molecule has 8 heteroatoms. The van der Waals surface area contributed by atoms with E-state index in [2.05, 4.69) is 10.0 Å². The molecule has 0 aliphatic rings. The highest BCUT2D eigenvalue weighted by atomic mass is 35.5. The van der Waals surface area contributed by atoms with Crippen molar-refractivity contribution < 1.29 is 17.9 Å². The van der Waals surface area contributed by atoms with Gasteiger partial charge in [-0.3, -0.25) is 4.79 Å². The van der Waals surface area contributed by atoms with Crippen LogP contribution in [0.15, 0.2) is 53.4 Å². The number of hydrogen-bond acceptors (Lipinski definition) is 4. The normalized spacial score (nSPS) is 11.2. The van der Waals surface area contributed by atoms with Crippen LogP contribution in [0.3, 0.4) is 0 Å². The second-order valence-electron chi connectivity index (χ2n) is 5.50. The summed E-state index contributed by atoms with van der Waals surface area (Å²) in [6.07, 6.45) is 1.52. The number of benzene rings is 2. The van der Waals surface area contributed by atoms with E-state index in [1.807, 2.05) is 0 Å². The molecule has 0 fully saturated rings. The predicted octanol–water partition coefficient (Wildman–Crippen LogP) is 2.84. The summed E-state index contributed by atoms with van der Waals surface area (Å²) in [5.74, 6) is 0.442. The van der Waals surface area contributed by atoms with E-state index < -0.39 is 10.0 Å². The molecule has 0 aliphatic carbocycles. The van der Waals surface area contributed by atoms with Crippen LogP contribution in [0.5, 0.6) is 5.75 Å². The van der Waals surface area contributed by atoms with Crippen molar-refractivity contribution in [2.24, 2.45) is 0 Å². The second-order valence-corrected chi connectivity index (χ2v) is 7.82. The molecule has 0 spiro atoms. The number of halogens is 1. The van der Waals surface area contributed by atoms with Gasteiger partial charge < -0.3 is 10.1 Å². The molecule has 0 heterocycles. The average molecular weight is 397 g/mol. The largest absolute Gasteiger partial charge is 0.494 e. The maximum atomic E-state index is 12.1. The molecule has 0 saturated carbocycles. The van der Waals surface area contributed by atoms with Crippen molar-refractivity contribution in [3.05, 3.63) is 59.1 Å². The summed E-state index contributed by atoms with van der Waals surface area (Å²) >= 11 is 5.80. The molecule has 0 aliphatic heterocycles. The highest BCUT2D eigenvalue weighted by Gasteiger charge is 2.13. The maximum absolute atomic E-state index is 12.1. The van der Waals surface area contributed by atoms with Crippen LogP contribution in [0, 0.1) is 0 Å². The minimum Gasteiger partial charge on any atom is -0.494 e. The van der Waals surface area contributed by atoms with E-state index in [1.165, 1.54) is 19.2 Å². The number of hydrogen-bond donors (Lipinski definition) is 2. The summed E-state index contributed by atoms with van der Waals surface area (Å²) in [6.45, 7) is 1.01. The zero-order chi connectivity index (χ0) is 19.0. The Bertz CT molecular complexity index is 839. The molecular weight excluding hydrogens is 376 g/mol. The van der Waals surface area contributed by atoms with Crippen LogP contribution in [-0.2, 0) is 10.0 Å². The van der Waals surface area contributed by atoms with Crippen molar-refractivity contribution in [2.45, 2.75) is 17.7 Å². The molecule has 0 bridgehead atoms. The summed E-state index contributed by atoms with van der Waals surface area (Å²) in [4.78, 5) is 12.2. The molecule has 140 valence electrons. The maximum Gasteiger partial charge on any atom is 0.251 e. The Labute approximate surface area is 158 Å². The van der Waals surface area contributed by atoms with Gasteiger partial charge in [0.2, 0.25) is 10.0 Å². The molecule has 0 aromatic heterocycles. The molecule has 1 amide bonds. The summed E-state index contributed by atoms with van der Waals surface area (Å²) < 4.78 is 31.4. The number of amides is 1. The van der Waals surface area contributed by atoms with Crippen molar-refractivity contribution in [1.82, 2.24) is 10.0 Å². The first-order valence-corrected chi connectivity index (χ1v) is 9.98. The monoisotopic (exact) mass is 396 g/mol. The summed E-state index contributed by atoms with van der Waals surface area (Å²) in [7, 11) is -2.24. The van der Waals surface area contributed by atoms with E-state index in [0.717, 1.165) is 18.6 Å². The van der Waals surface area contributed by atoms with Gasteiger partial charge in [-0.15, -0.1) is 0 Å². The zero-order valence-corrected chi connectivity index (χ0v) is 15.9. The van der Waals surface area contributed by atoms with Crippen LogP contribution >= 0.6 is 11.6 Å². The molecule has 2 aromatic carbocycles. The van der Waals surface area contributed by atoms with E-state index in [0.29, 0.717) is 23.7 Å². The summed E-state index contributed by atoms with van der Waals surface area (Å²) in [5, 5.41) is 3.43. The molecule has 0 radical (unpaired) electrons. The average Bonchev–Trinajstić information content (AvgIpc) is 2.66. The number of nitrogens with one attached hydrogen (secondary N) is 2. The Morgan fingerprint density at radius 3 is 2.54 bits per heavy atom. The van der Waals surface area contributed by atoms with Gasteiger partial charge in [0.05, 0.1) is 11.5 Å². The fourth-order valence-electron chi connectivity index (χ4n) is 2.17. The lowest BCUT2D eigenvalue weighted by Crippen LogP contribution is -2.25. The van der Waals surface area contributed by atoms with Crippen molar-refractivity contribution in [3.8, 4) is 5.75 Å². The minimum atomic E-state index is -3.57. The van der Waals surface area contributed by atoms with Gasteiger partial charge in [-0.25, -0.2) is 13.1 Å². The molecular formula is C18H21ClN2O4S. The second kappa shape index (κ2) is 9.56. The van der Waals surface area contributed by atoms with Crippen LogP contribution < -0.4 is 14.8 Å². The lowest BCUT2D eigenvalue weighted by Gasteiger charge is -2.08. The van der Waals surface area contributed by atoms with Gasteiger partial charge >= 0.3 is 0 Å². The fraction of sp³-hybridized carbons (Fsp3) is 0.278. The third-order valence-electron chi connectivity index (χ3n) is 3.61. The highest BCUT2D eigenvalue weighted by Crippen LogP contribution is 2.15. The number of rotatable bonds is 9. The van der Waals surface area contributed by atoms with Gasteiger partial charge in [-0.1, -0.05) is 17.7 Å². The van der Waals surface area contributed by atoms with Crippen LogP contribution in [0.2, 0.25) is 5.02 Å². The van der Waals surface area contributed by atoms with Crippen molar-refractivity contribution >= 4 is 27.5 Å². The smallest absolute Gasteiger partial charge is 0.251 e. The Morgan fingerprint density at radius 2 is 1.85 bits per heavy atom. The third-order valence-corrected chi connectivity index (χ3v) is 5.28. The molecule has 6 nitrogen and oxygen atoms in total. The van der Waals surface area contributed by atoms with E-state index in [1.54, 1.807) is 36.4 Å². The third kappa shape index (κ3) is 6.01. The van der Waals surface area contributed by atoms with Gasteiger partial charge in [0, 0.05) is 17.1 Å². The standard InChI is InChI=1S/C18H21ClN2O4S/c1-20-26(23,24)17-6-4-5-14(13-17)18(22)21-11-2-3-12-25-16-9-7-15(19)8-10-16/h4-10,13,20H,2-3,11-12H2,1H3,(H,21,22). The molecule has 0 saturated heterocycles. The Kier molecular flexibility index (Phi) is 7.44. The molecule has 26 heavy (non-hydrogen) atoms. The van der Waals surface area contributed by atoms with Crippen LogP contribution in [0.4, 0.5) is 0 Å². The number of unbranched alkanes of at least 4 members (excludes halogenated alkanes) is 1. The number of carbonyl (C=O) groups is 1. The first kappa shape index (κ1) is 20.2. The Hall–Kier alpha value is -2.09. The van der Waals surface area contributed by atoms with Crippen LogP contribution in [0.25, 0.3) is 0 Å². The van der Waals surface area contributed by atoms with E-state index in [9.17, 15) is 13.2 Å². The Morgan fingerprint density at radius 1 is 1.12 bits per heavy atom. The predicted molar refractivity (Wildman–Crippen MR) is 101 cm³/mol. The van der Waals surface area contributed by atoms with Gasteiger partial charge in [0.1, 0.15) is 5.75 Å². The minimum absolute atomic E-state index is 0.0593.